The summed E-state index contributed by atoms with van der Waals surface area (Å²) in [5.41, 5.74) is -0.367. The van der Waals surface area contributed by atoms with Crippen LogP contribution >= 0.6 is 0 Å². The van der Waals surface area contributed by atoms with Gasteiger partial charge in [-0.3, -0.25) is 9.69 Å². The number of morpholine rings is 1. The molecule has 1 aliphatic heterocycles. The van der Waals surface area contributed by atoms with Crippen LogP contribution in [0.5, 0.6) is 0 Å². The molecule has 1 atom stereocenters. The number of anilines is 1. The van der Waals surface area contributed by atoms with Crippen LogP contribution in [0.3, 0.4) is 0 Å². The molecule has 1 fully saturated rings. The predicted octanol–water partition coefficient (Wildman–Crippen LogP) is 1.76. The number of hydrogen-bond donors (Lipinski definition) is 1. The van der Waals surface area contributed by atoms with Crippen molar-refractivity contribution in [3.63, 3.8) is 0 Å². The van der Waals surface area contributed by atoms with E-state index in [1.807, 2.05) is 4.90 Å². The second-order valence-electron chi connectivity index (χ2n) is 4.54. The predicted molar refractivity (Wildman–Crippen MR) is 66.8 cm³/mol. The fraction of sp³-hybridized carbons (Fsp3) is 0.462. The molecular weight excluding hydrogens is 273 g/mol. The average molecular weight is 288 g/mol. The third-order valence-electron chi connectivity index (χ3n) is 3.27. The van der Waals surface area contributed by atoms with Gasteiger partial charge in [0.1, 0.15) is 0 Å². The van der Waals surface area contributed by atoms with Crippen molar-refractivity contribution in [1.82, 2.24) is 4.90 Å². The SMILES string of the molecule is C[C@@H](C(=O)Nc1ccc(F)c(F)c1F)N1CCOCC1. The minimum Gasteiger partial charge on any atom is -0.379 e. The van der Waals surface area contributed by atoms with Gasteiger partial charge >= 0.3 is 0 Å². The first kappa shape index (κ1) is 14.8. The summed E-state index contributed by atoms with van der Waals surface area (Å²) in [7, 11) is 0. The molecule has 2 rings (SSSR count). The van der Waals surface area contributed by atoms with Gasteiger partial charge in [-0.1, -0.05) is 0 Å². The number of carbonyl (C=O) groups excluding carboxylic acids is 1. The van der Waals surface area contributed by atoms with E-state index in [1.165, 1.54) is 0 Å². The maximum absolute atomic E-state index is 13.5. The van der Waals surface area contributed by atoms with Crippen molar-refractivity contribution in [3.8, 4) is 0 Å². The summed E-state index contributed by atoms with van der Waals surface area (Å²) in [6.07, 6.45) is 0. The second kappa shape index (κ2) is 6.23. The van der Waals surface area contributed by atoms with Gasteiger partial charge in [-0.25, -0.2) is 13.2 Å². The lowest BCUT2D eigenvalue weighted by atomic mass is 10.2. The van der Waals surface area contributed by atoms with Crippen molar-refractivity contribution in [1.29, 1.82) is 0 Å². The number of carbonyl (C=O) groups is 1. The highest BCUT2D eigenvalue weighted by molar-refractivity contribution is 5.94. The van der Waals surface area contributed by atoms with Gasteiger partial charge in [0.15, 0.2) is 17.5 Å². The van der Waals surface area contributed by atoms with Crippen molar-refractivity contribution in [2.45, 2.75) is 13.0 Å². The molecule has 110 valence electrons. The number of amides is 1. The molecule has 0 saturated carbocycles. The summed E-state index contributed by atoms with van der Waals surface area (Å²) in [5, 5.41) is 2.27. The zero-order valence-electron chi connectivity index (χ0n) is 11.0. The second-order valence-corrected chi connectivity index (χ2v) is 4.54. The van der Waals surface area contributed by atoms with E-state index in [9.17, 15) is 18.0 Å². The highest BCUT2D eigenvalue weighted by Crippen LogP contribution is 2.20. The molecule has 1 amide bonds. The summed E-state index contributed by atoms with van der Waals surface area (Å²) in [6, 6.07) is 1.26. The van der Waals surface area contributed by atoms with Gasteiger partial charge in [0, 0.05) is 13.1 Å². The van der Waals surface area contributed by atoms with E-state index in [4.69, 9.17) is 4.74 Å². The standard InChI is InChI=1S/C13H15F3N2O2/c1-8(18-4-6-20-7-5-18)13(19)17-10-3-2-9(14)11(15)12(10)16/h2-3,8H,4-7H2,1H3,(H,17,19)/t8-/m0/s1. The lowest BCUT2D eigenvalue weighted by molar-refractivity contribution is -0.122. The Balaban J connectivity index is 2.05. The lowest BCUT2D eigenvalue weighted by Crippen LogP contribution is -2.47. The van der Waals surface area contributed by atoms with Crippen molar-refractivity contribution in [3.05, 3.63) is 29.6 Å². The first-order chi connectivity index (χ1) is 9.50. The first-order valence-electron chi connectivity index (χ1n) is 6.27. The summed E-state index contributed by atoms with van der Waals surface area (Å²) in [4.78, 5) is 13.9. The molecule has 7 heteroatoms. The quantitative estimate of drug-likeness (QED) is 0.862. The lowest BCUT2D eigenvalue weighted by Gasteiger charge is -2.31. The van der Waals surface area contributed by atoms with Gasteiger partial charge in [-0.15, -0.1) is 0 Å². The maximum Gasteiger partial charge on any atom is 0.241 e. The largest absolute Gasteiger partial charge is 0.379 e. The zero-order valence-corrected chi connectivity index (χ0v) is 11.0. The Kier molecular flexibility index (Phi) is 4.61. The highest BCUT2D eigenvalue weighted by Gasteiger charge is 2.24. The monoisotopic (exact) mass is 288 g/mol. The third kappa shape index (κ3) is 3.10. The number of halogens is 3. The topological polar surface area (TPSA) is 41.6 Å². The fourth-order valence-electron chi connectivity index (χ4n) is 1.99. The molecule has 0 aromatic heterocycles. The van der Waals surface area contributed by atoms with Crippen molar-refractivity contribution in [2.24, 2.45) is 0 Å². The number of hydrogen-bond acceptors (Lipinski definition) is 3. The van der Waals surface area contributed by atoms with Crippen LogP contribution in [0.1, 0.15) is 6.92 Å². The minimum atomic E-state index is -1.60. The van der Waals surface area contributed by atoms with E-state index in [1.54, 1.807) is 6.92 Å². The Morgan fingerprint density at radius 2 is 1.90 bits per heavy atom. The highest BCUT2D eigenvalue weighted by atomic mass is 19.2. The Labute approximate surface area is 114 Å². The first-order valence-corrected chi connectivity index (χ1v) is 6.27. The van der Waals surface area contributed by atoms with Crippen LogP contribution < -0.4 is 5.32 Å². The van der Waals surface area contributed by atoms with Crippen LogP contribution in [0.2, 0.25) is 0 Å². The minimum absolute atomic E-state index is 0.367. The Morgan fingerprint density at radius 3 is 2.55 bits per heavy atom. The van der Waals surface area contributed by atoms with Crippen LogP contribution in [0.15, 0.2) is 12.1 Å². The molecule has 1 saturated heterocycles. The molecule has 0 unspecified atom stereocenters. The molecule has 1 aromatic rings. The molecule has 1 N–H and O–H groups in total. The normalized spacial score (nSPS) is 17.8. The van der Waals surface area contributed by atoms with Gasteiger partial charge in [0.05, 0.1) is 24.9 Å². The number of nitrogens with zero attached hydrogens (tertiary/aromatic N) is 1. The van der Waals surface area contributed by atoms with Gasteiger partial charge in [-0.2, -0.15) is 0 Å². The number of ether oxygens (including phenoxy) is 1. The van der Waals surface area contributed by atoms with Gasteiger partial charge in [0.2, 0.25) is 5.91 Å². The number of rotatable bonds is 3. The molecular formula is C13H15F3N2O2. The van der Waals surface area contributed by atoms with Crippen LogP contribution in [0.25, 0.3) is 0 Å². The molecule has 1 aliphatic rings. The molecule has 0 radical (unpaired) electrons. The Bertz CT molecular complexity index is 505. The maximum atomic E-state index is 13.5. The van der Waals surface area contributed by atoms with E-state index in [0.717, 1.165) is 12.1 Å². The van der Waals surface area contributed by atoms with Crippen LogP contribution in [0.4, 0.5) is 18.9 Å². The van der Waals surface area contributed by atoms with Crippen LogP contribution in [-0.4, -0.2) is 43.2 Å². The molecule has 4 nitrogen and oxygen atoms in total. The van der Waals surface area contributed by atoms with E-state index in [-0.39, 0.29) is 5.69 Å². The number of benzene rings is 1. The smallest absolute Gasteiger partial charge is 0.241 e. The van der Waals surface area contributed by atoms with Crippen molar-refractivity contribution in [2.75, 3.05) is 31.6 Å². The molecule has 0 aliphatic carbocycles. The van der Waals surface area contributed by atoms with Gasteiger partial charge < -0.3 is 10.1 Å². The van der Waals surface area contributed by atoms with Gasteiger partial charge in [-0.05, 0) is 19.1 Å². The fourth-order valence-corrected chi connectivity index (χ4v) is 1.99. The van der Waals surface area contributed by atoms with E-state index >= 15 is 0 Å². The molecule has 1 heterocycles. The summed E-state index contributed by atoms with van der Waals surface area (Å²) >= 11 is 0. The van der Waals surface area contributed by atoms with Crippen LogP contribution in [0, 0.1) is 17.5 Å². The Hall–Kier alpha value is -1.60. The summed E-state index contributed by atoms with van der Waals surface area (Å²) in [6.45, 7) is 3.90. The molecule has 0 spiro atoms. The van der Waals surface area contributed by atoms with Crippen LogP contribution in [-0.2, 0) is 9.53 Å². The molecule has 20 heavy (non-hydrogen) atoms. The summed E-state index contributed by atoms with van der Waals surface area (Å²) < 4.78 is 44.5. The van der Waals surface area contributed by atoms with Crippen molar-refractivity contribution < 1.29 is 22.7 Å². The van der Waals surface area contributed by atoms with E-state index < -0.39 is 29.4 Å². The van der Waals surface area contributed by atoms with E-state index in [0.29, 0.717) is 26.3 Å². The molecule has 0 bridgehead atoms. The van der Waals surface area contributed by atoms with E-state index in [2.05, 4.69) is 5.32 Å². The Morgan fingerprint density at radius 1 is 1.25 bits per heavy atom. The third-order valence-corrected chi connectivity index (χ3v) is 3.27. The number of nitrogens with one attached hydrogen (secondary N) is 1. The van der Waals surface area contributed by atoms with Crippen molar-refractivity contribution >= 4 is 11.6 Å². The zero-order chi connectivity index (χ0) is 14.7. The summed E-state index contributed by atoms with van der Waals surface area (Å²) in [5.74, 6) is -4.76. The van der Waals surface area contributed by atoms with Gasteiger partial charge in [0.25, 0.3) is 0 Å². The molecule has 1 aromatic carbocycles. The average Bonchev–Trinajstić information content (AvgIpc) is 2.48.